The van der Waals surface area contributed by atoms with Crippen LogP contribution in [0.4, 0.5) is 0 Å². The summed E-state index contributed by atoms with van der Waals surface area (Å²) in [5, 5.41) is 0. The topological polar surface area (TPSA) is 48.3 Å². The number of carbonyl (C=O) groups is 1. The SMILES string of the molecule is COc1ccc(-c2cc3c(s2)c(C(C)=O)cc(=O)n3C)cc1. The maximum Gasteiger partial charge on any atom is 0.251 e. The molecule has 0 amide bonds. The van der Waals surface area contributed by atoms with Gasteiger partial charge in [-0.2, -0.15) is 0 Å². The van der Waals surface area contributed by atoms with Crippen LogP contribution in [0.2, 0.25) is 0 Å². The van der Waals surface area contributed by atoms with Gasteiger partial charge >= 0.3 is 0 Å². The predicted molar refractivity (Wildman–Crippen MR) is 89.1 cm³/mol. The van der Waals surface area contributed by atoms with Crippen molar-refractivity contribution < 1.29 is 9.53 Å². The molecule has 2 aromatic heterocycles. The van der Waals surface area contributed by atoms with Crippen LogP contribution in [0.15, 0.2) is 41.2 Å². The number of ether oxygens (including phenoxy) is 1. The summed E-state index contributed by atoms with van der Waals surface area (Å²) in [4.78, 5) is 24.8. The van der Waals surface area contributed by atoms with E-state index in [0.717, 1.165) is 26.4 Å². The molecule has 0 spiro atoms. The van der Waals surface area contributed by atoms with Crippen molar-refractivity contribution in [3.05, 3.63) is 52.3 Å². The van der Waals surface area contributed by atoms with Gasteiger partial charge in [0, 0.05) is 23.6 Å². The summed E-state index contributed by atoms with van der Waals surface area (Å²) in [5.41, 5.74) is 2.14. The van der Waals surface area contributed by atoms with E-state index in [1.807, 2.05) is 30.3 Å². The number of Topliss-reactive ketones (excluding diaryl/α,β-unsaturated/α-hetero) is 1. The van der Waals surface area contributed by atoms with Crippen molar-refractivity contribution in [1.29, 1.82) is 0 Å². The molecule has 1 aromatic carbocycles. The molecule has 0 N–H and O–H groups in total. The summed E-state index contributed by atoms with van der Waals surface area (Å²) in [7, 11) is 3.35. The van der Waals surface area contributed by atoms with Crippen molar-refractivity contribution >= 4 is 27.3 Å². The third-order valence-corrected chi connectivity index (χ3v) is 4.88. The number of pyridine rings is 1. The Labute approximate surface area is 131 Å². The van der Waals surface area contributed by atoms with Crippen LogP contribution in [0.1, 0.15) is 17.3 Å². The van der Waals surface area contributed by atoms with Crippen LogP contribution < -0.4 is 10.3 Å². The van der Waals surface area contributed by atoms with Gasteiger partial charge in [-0.3, -0.25) is 9.59 Å². The Morgan fingerprint density at radius 1 is 1.18 bits per heavy atom. The number of carbonyl (C=O) groups excluding carboxylic acids is 1. The minimum Gasteiger partial charge on any atom is -0.497 e. The van der Waals surface area contributed by atoms with Gasteiger partial charge in [-0.05, 0) is 42.8 Å². The van der Waals surface area contributed by atoms with Crippen LogP contribution >= 0.6 is 11.3 Å². The fourth-order valence-electron chi connectivity index (χ4n) is 2.39. The zero-order valence-corrected chi connectivity index (χ0v) is 13.4. The predicted octanol–water partition coefficient (Wildman–Crippen LogP) is 3.48. The van der Waals surface area contributed by atoms with E-state index in [9.17, 15) is 9.59 Å². The van der Waals surface area contributed by atoms with E-state index in [1.54, 1.807) is 18.7 Å². The van der Waals surface area contributed by atoms with Crippen molar-refractivity contribution in [2.75, 3.05) is 7.11 Å². The first-order valence-electron chi connectivity index (χ1n) is 6.80. The number of hydrogen-bond acceptors (Lipinski definition) is 4. The summed E-state index contributed by atoms with van der Waals surface area (Å²) < 4.78 is 7.59. The van der Waals surface area contributed by atoms with E-state index in [4.69, 9.17) is 4.74 Å². The molecule has 22 heavy (non-hydrogen) atoms. The number of rotatable bonds is 3. The molecule has 0 fully saturated rings. The molecule has 0 bridgehead atoms. The quantitative estimate of drug-likeness (QED) is 0.696. The lowest BCUT2D eigenvalue weighted by Crippen LogP contribution is -2.17. The van der Waals surface area contributed by atoms with Crippen molar-refractivity contribution in [1.82, 2.24) is 4.57 Å². The summed E-state index contributed by atoms with van der Waals surface area (Å²) in [6.07, 6.45) is 0. The molecule has 0 atom stereocenters. The van der Waals surface area contributed by atoms with Gasteiger partial charge in [0.25, 0.3) is 5.56 Å². The Balaban J connectivity index is 2.24. The van der Waals surface area contributed by atoms with Crippen LogP contribution in [0.3, 0.4) is 0 Å². The second-order valence-electron chi connectivity index (χ2n) is 5.06. The van der Waals surface area contributed by atoms with E-state index in [2.05, 4.69) is 0 Å². The Bertz CT molecular complexity index is 919. The summed E-state index contributed by atoms with van der Waals surface area (Å²) in [6.45, 7) is 1.49. The molecule has 2 heterocycles. The molecule has 5 heteroatoms. The zero-order valence-electron chi connectivity index (χ0n) is 12.5. The minimum atomic E-state index is -0.170. The third kappa shape index (κ3) is 2.33. The maximum atomic E-state index is 12.0. The number of thiophene rings is 1. The summed E-state index contributed by atoms with van der Waals surface area (Å²) >= 11 is 1.52. The first-order chi connectivity index (χ1) is 10.5. The van der Waals surface area contributed by atoms with E-state index in [0.29, 0.717) is 5.56 Å². The first-order valence-corrected chi connectivity index (χ1v) is 7.62. The van der Waals surface area contributed by atoms with Crippen molar-refractivity contribution in [3.8, 4) is 16.2 Å². The van der Waals surface area contributed by atoms with Crippen molar-refractivity contribution in [2.24, 2.45) is 7.05 Å². The lowest BCUT2D eigenvalue weighted by molar-refractivity contribution is 0.101. The minimum absolute atomic E-state index is 0.0918. The molecule has 0 radical (unpaired) electrons. The normalized spacial score (nSPS) is 10.9. The molecule has 0 aliphatic heterocycles. The molecular formula is C17H15NO3S. The van der Waals surface area contributed by atoms with E-state index in [1.165, 1.54) is 24.3 Å². The van der Waals surface area contributed by atoms with Gasteiger partial charge in [-0.1, -0.05) is 0 Å². The highest BCUT2D eigenvalue weighted by Crippen LogP contribution is 2.35. The molecule has 4 nitrogen and oxygen atoms in total. The molecule has 3 aromatic rings. The summed E-state index contributed by atoms with van der Waals surface area (Å²) in [5.74, 6) is 0.701. The average molecular weight is 313 g/mol. The molecule has 0 unspecified atom stereocenters. The van der Waals surface area contributed by atoms with Gasteiger partial charge in [0.1, 0.15) is 5.75 Å². The van der Waals surface area contributed by atoms with Crippen LogP contribution in [-0.4, -0.2) is 17.5 Å². The monoisotopic (exact) mass is 313 g/mol. The number of aromatic nitrogens is 1. The number of hydrogen-bond donors (Lipinski definition) is 0. The van der Waals surface area contributed by atoms with Gasteiger partial charge in [0.05, 0.1) is 17.3 Å². The Morgan fingerprint density at radius 2 is 1.86 bits per heavy atom. The standard InChI is InChI=1S/C17H15NO3S/c1-10(19)13-8-16(20)18(2)14-9-15(22-17(13)14)11-4-6-12(21-3)7-5-11/h4-9H,1-3H3. The zero-order chi connectivity index (χ0) is 15.9. The summed E-state index contributed by atoms with van der Waals surface area (Å²) in [6, 6.07) is 11.1. The number of fused-ring (bicyclic) bond motifs is 1. The van der Waals surface area contributed by atoms with Crippen LogP contribution in [0.5, 0.6) is 5.75 Å². The van der Waals surface area contributed by atoms with Crippen LogP contribution in [0, 0.1) is 0 Å². The molecule has 3 rings (SSSR count). The molecule has 0 aliphatic rings. The van der Waals surface area contributed by atoms with Gasteiger partial charge in [0.2, 0.25) is 0 Å². The van der Waals surface area contributed by atoms with Crippen molar-refractivity contribution in [3.63, 3.8) is 0 Å². The Hall–Kier alpha value is -2.40. The largest absolute Gasteiger partial charge is 0.497 e. The number of methoxy groups -OCH3 is 1. The number of ketones is 1. The van der Waals surface area contributed by atoms with Gasteiger partial charge in [-0.15, -0.1) is 11.3 Å². The number of benzene rings is 1. The fourth-order valence-corrected chi connectivity index (χ4v) is 3.64. The average Bonchev–Trinajstić information content (AvgIpc) is 2.96. The maximum absolute atomic E-state index is 12.0. The molecular weight excluding hydrogens is 298 g/mol. The smallest absolute Gasteiger partial charge is 0.251 e. The molecule has 112 valence electrons. The highest BCUT2D eigenvalue weighted by atomic mass is 32.1. The lowest BCUT2D eigenvalue weighted by atomic mass is 10.1. The van der Waals surface area contributed by atoms with E-state index < -0.39 is 0 Å². The first kappa shape index (κ1) is 14.5. The highest BCUT2D eigenvalue weighted by molar-refractivity contribution is 7.22. The second kappa shape index (κ2) is 5.42. The van der Waals surface area contributed by atoms with Crippen LogP contribution in [0.25, 0.3) is 20.7 Å². The van der Waals surface area contributed by atoms with Gasteiger partial charge in [0.15, 0.2) is 5.78 Å². The second-order valence-corrected chi connectivity index (χ2v) is 6.12. The number of nitrogens with zero attached hydrogens (tertiary/aromatic N) is 1. The van der Waals surface area contributed by atoms with E-state index >= 15 is 0 Å². The molecule has 0 saturated heterocycles. The van der Waals surface area contributed by atoms with Crippen LogP contribution in [-0.2, 0) is 7.05 Å². The number of aryl methyl sites for hydroxylation is 1. The Kier molecular flexibility index (Phi) is 3.58. The lowest BCUT2D eigenvalue weighted by Gasteiger charge is -2.02. The third-order valence-electron chi connectivity index (χ3n) is 3.67. The van der Waals surface area contributed by atoms with Gasteiger partial charge in [-0.25, -0.2) is 0 Å². The fraction of sp³-hybridized carbons (Fsp3) is 0.176. The van der Waals surface area contributed by atoms with Crippen molar-refractivity contribution in [2.45, 2.75) is 6.92 Å². The highest BCUT2D eigenvalue weighted by Gasteiger charge is 2.14. The van der Waals surface area contributed by atoms with E-state index in [-0.39, 0.29) is 11.3 Å². The molecule has 0 saturated carbocycles. The van der Waals surface area contributed by atoms with Gasteiger partial charge < -0.3 is 9.30 Å². The Morgan fingerprint density at radius 3 is 2.45 bits per heavy atom. The molecule has 0 aliphatic carbocycles.